The molecule has 0 aromatic heterocycles. The summed E-state index contributed by atoms with van der Waals surface area (Å²) in [6, 6.07) is 17.8. The highest BCUT2D eigenvalue weighted by Gasteiger charge is 2.04. The fourth-order valence-electron chi connectivity index (χ4n) is 1.79. The van der Waals surface area contributed by atoms with Crippen LogP contribution in [0, 0.1) is 0 Å². The number of halogens is 1. The van der Waals surface area contributed by atoms with E-state index in [0.717, 1.165) is 16.9 Å². The zero-order valence-electron chi connectivity index (χ0n) is 10.6. The van der Waals surface area contributed by atoms with Crippen LogP contribution in [-0.4, -0.2) is 17.1 Å². The molecule has 100 valence electrons. The van der Waals surface area contributed by atoms with Crippen molar-refractivity contribution < 1.29 is 9.84 Å². The summed E-state index contributed by atoms with van der Waals surface area (Å²) in [5.74, 6) is 1.08. The van der Waals surface area contributed by atoms with Gasteiger partial charge in [0.25, 0.3) is 0 Å². The van der Waals surface area contributed by atoms with Gasteiger partial charge in [0.15, 0.2) is 0 Å². The maximum absolute atomic E-state index is 9.47. The van der Waals surface area contributed by atoms with E-state index in [-0.39, 0.29) is 5.88 Å². The Morgan fingerprint density at radius 1 is 0.947 bits per heavy atom. The fraction of sp³-hybridized carbons (Fsp3) is 0.250. The van der Waals surface area contributed by atoms with Gasteiger partial charge in [0, 0.05) is 5.88 Å². The van der Waals surface area contributed by atoms with E-state index in [1.165, 1.54) is 0 Å². The third kappa shape index (κ3) is 4.58. The van der Waals surface area contributed by atoms with Crippen LogP contribution >= 0.6 is 11.6 Å². The van der Waals surface area contributed by atoms with Gasteiger partial charge in [-0.3, -0.25) is 0 Å². The topological polar surface area (TPSA) is 29.5 Å². The van der Waals surface area contributed by atoms with Crippen molar-refractivity contribution >= 4 is 11.6 Å². The second kappa shape index (κ2) is 7.17. The van der Waals surface area contributed by atoms with Gasteiger partial charge in [0.1, 0.15) is 12.4 Å². The van der Waals surface area contributed by atoms with Gasteiger partial charge < -0.3 is 9.84 Å². The molecule has 2 aromatic carbocycles. The number of hydrogen-bond acceptors (Lipinski definition) is 2. The predicted molar refractivity (Wildman–Crippen MR) is 77.6 cm³/mol. The van der Waals surface area contributed by atoms with Gasteiger partial charge >= 0.3 is 0 Å². The lowest BCUT2D eigenvalue weighted by atomic mass is 10.1. The van der Waals surface area contributed by atoms with E-state index in [9.17, 15) is 5.11 Å². The normalized spacial score (nSPS) is 12.1. The Kier molecular flexibility index (Phi) is 5.25. The Morgan fingerprint density at radius 2 is 1.63 bits per heavy atom. The van der Waals surface area contributed by atoms with Gasteiger partial charge in [0.2, 0.25) is 0 Å². The number of ether oxygens (including phenoxy) is 1. The van der Waals surface area contributed by atoms with Gasteiger partial charge in [-0.15, -0.1) is 11.6 Å². The van der Waals surface area contributed by atoms with Crippen molar-refractivity contribution in [2.24, 2.45) is 0 Å². The first kappa shape index (κ1) is 13.9. The predicted octanol–water partition coefficient (Wildman–Crippen LogP) is 3.41. The van der Waals surface area contributed by atoms with Crippen LogP contribution in [0.4, 0.5) is 0 Å². The molecule has 0 heterocycles. The van der Waals surface area contributed by atoms with Crippen LogP contribution in [0.1, 0.15) is 11.1 Å². The van der Waals surface area contributed by atoms with Crippen molar-refractivity contribution in [2.45, 2.75) is 19.1 Å². The van der Waals surface area contributed by atoms with Crippen LogP contribution in [0.25, 0.3) is 0 Å². The molecule has 0 radical (unpaired) electrons. The summed E-state index contributed by atoms with van der Waals surface area (Å²) in [7, 11) is 0. The molecule has 0 unspecified atom stereocenters. The van der Waals surface area contributed by atoms with E-state index in [1.807, 2.05) is 54.6 Å². The van der Waals surface area contributed by atoms with Gasteiger partial charge in [-0.1, -0.05) is 42.5 Å². The highest BCUT2D eigenvalue weighted by Crippen LogP contribution is 2.15. The minimum atomic E-state index is -0.488. The molecule has 0 saturated carbocycles. The summed E-state index contributed by atoms with van der Waals surface area (Å²) < 4.78 is 5.69. The highest BCUT2D eigenvalue weighted by atomic mass is 35.5. The third-order valence-electron chi connectivity index (χ3n) is 2.82. The smallest absolute Gasteiger partial charge is 0.119 e. The molecule has 1 N–H and O–H groups in total. The summed E-state index contributed by atoms with van der Waals surface area (Å²) in [6.45, 7) is 0.560. The number of hydrogen-bond donors (Lipinski definition) is 1. The molecule has 0 spiro atoms. The van der Waals surface area contributed by atoms with Crippen molar-refractivity contribution in [3.8, 4) is 5.75 Å². The number of aliphatic hydroxyl groups excluding tert-OH is 1. The van der Waals surface area contributed by atoms with Crippen molar-refractivity contribution in [1.29, 1.82) is 0 Å². The Labute approximate surface area is 118 Å². The average molecular weight is 277 g/mol. The second-order valence-electron chi connectivity index (χ2n) is 4.43. The minimum Gasteiger partial charge on any atom is -0.489 e. The van der Waals surface area contributed by atoms with Crippen LogP contribution in [0.5, 0.6) is 5.75 Å². The number of aliphatic hydroxyl groups is 1. The molecule has 1 atom stereocenters. The largest absolute Gasteiger partial charge is 0.489 e. The molecule has 0 amide bonds. The maximum Gasteiger partial charge on any atom is 0.119 e. The molecule has 2 aromatic rings. The fourth-order valence-corrected chi connectivity index (χ4v) is 1.90. The van der Waals surface area contributed by atoms with Crippen LogP contribution < -0.4 is 4.74 Å². The summed E-state index contributed by atoms with van der Waals surface area (Å²) in [4.78, 5) is 0. The minimum absolute atomic E-state index is 0.256. The van der Waals surface area contributed by atoms with Crippen LogP contribution in [0.3, 0.4) is 0 Å². The standard InChI is InChI=1S/C16H17ClO2/c17-11-15(18)10-13-6-8-16(9-7-13)19-12-14-4-2-1-3-5-14/h1-9,15,18H,10-12H2/t15-/m1/s1. The molecule has 0 saturated heterocycles. The number of alkyl halides is 1. The number of rotatable bonds is 6. The summed E-state index contributed by atoms with van der Waals surface area (Å²) in [5, 5.41) is 9.47. The Balaban J connectivity index is 1.88. The molecule has 2 rings (SSSR count). The summed E-state index contributed by atoms with van der Waals surface area (Å²) in [6.07, 6.45) is 0.0837. The van der Waals surface area contributed by atoms with Crippen molar-refractivity contribution in [2.75, 3.05) is 5.88 Å². The van der Waals surface area contributed by atoms with Crippen LogP contribution in [0.15, 0.2) is 54.6 Å². The first-order valence-electron chi connectivity index (χ1n) is 6.27. The number of benzene rings is 2. The van der Waals surface area contributed by atoms with E-state index in [1.54, 1.807) is 0 Å². The third-order valence-corrected chi connectivity index (χ3v) is 3.18. The SMILES string of the molecule is O[C@@H](CCl)Cc1ccc(OCc2ccccc2)cc1. The zero-order valence-corrected chi connectivity index (χ0v) is 11.4. The summed E-state index contributed by atoms with van der Waals surface area (Å²) >= 11 is 5.58. The molecule has 0 fully saturated rings. The lowest BCUT2D eigenvalue weighted by Gasteiger charge is -2.09. The molecule has 19 heavy (non-hydrogen) atoms. The molecular formula is C16H17ClO2. The molecule has 0 bridgehead atoms. The van der Waals surface area contributed by atoms with Gasteiger partial charge in [-0.05, 0) is 29.7 Å². The molecule has 3 heteroatoms. The molecule has 2 nitrogen and oxygen atoms in total. The molecule has 0 aliphatic heterocycles. The first-order valence-corrected chi connectivity index (χ1v) is 6.81. The van der Waals surface area contributed by atoms with Gasteiger partial charge in [0.05, 0.1) is 6.10 Å². The van der Waals surface area contributed by atoms with E-state index < -0.39 is 6.10 Å². The second-order valence-corrected chi connectivity index (χ2v) is 4.74. The van der Waals surface area contributed by atoms with E-state index in [4.69, 9.17) is 16.3 Å². The zero-order chi connectivity index (χ0) is 13.5. The lowest BCUT2D eigenvalue weighted by Crippen LogP contribution is -2.11. The first-order chi connectivity index (χ1) is 9.28. The van der Waals surface area contributed by atoms with Crippen molar-refractivity contribution in [3.05, 3.63) is 65.7 Å². The molecule has 0 aliphatic rings. The maximum atomic E-state index is 9.47. The molecule has 0 aliphatic carbocycles. The molecular weight excluding hydrogens is 260 g/mol. The van der Waals surface area contributed by atoms with Crippen LogP contribution in [-0.2, 0) is 13.0 Å². The Hall–Kier alpha value is -1.51. The average Bonchev–Trinajstić information content (AvgIpc) is 2.47. The summed E-state index contributed by atoms with van der Waals surface area (Å²) in [5.41, 5.74) is 2.20. The Morgan fingerprint density at radius 3 is 2.26 bits per heavy atom. The monoisotopic (exact) mass is 276 g/mol. The van der Waals surface area contributed by atoms with E-state index >= 15 is 0 Å². The lowest BCUT2D eigenvalue weighted by molar-refractivity contribution is 0.198. The van der Waals surface area contributed by atoms with Crippen molar-refractivity contribution in [1.82, 2.24) is 0 Å². The van der Waals surface area contributed by atoms with E-state index in [2.05, 4.69) is 0 Å². The quantitative estimate of drug-likeness (QED) is 0.820. The van der Waals surface area contributed by atoms with Gasteiger partial charge in [-0.2, -0.15) is 0 Å². The van der Waals surface area contributed by atoms with Gasteiger partial charge in [-0.25, -0.2) is 0 Å². The van der Waals surface area contributed by atoms with E-state index in [0.29, 0.717) is 13.0 Å². The Bertz CT molecular complexity index is 482. The van der Waals surface area contributed by atoms with Crippen molar-refractivity contribution in [3.63, 3.8) is 0 Å². The highest BCUT2D eigenvalue weighted by molar-refractivity contribution is 6.18. The van der Waals surface area contributed by atoms with Crippen LogP contribution in [0.2, 0.25) is 0 Å².